The van der Waals surface area contributed by atoms with Crippen molar-refractivity contribution in [2.24, 2.45) is 0 Å². The van der Waals surface area contributed by atoms with E-state index in [0.717, 1.165) is 30.0 Å². The summed E-state index contributed by atoms with van der Waals surface area (Å²) in [5, 5.41) is 2.97. The third kappa shape index (κ3) is 5.40. The van der Waals surface area contributed by atoms with Crippen LogP contribution in [-0.2, 0) is 11.2 Å². The van der Waals surface area contributed by atoms with Gasteiger partial charge < -0.3 is 9.73 Å². The Bertz CT molecular complexity index is 560. The van der Waals surface area contributed by atoms with E-state index in [9.17, 15) is 4.79 Å². The molecular weight excluding hydrogens is 274 g/mol. The number of amides is 1. The second-order valence-electron chi connectivity index (χ2n) is 5.54. The van der Waals surface area contributed by atoms with Crippen LogP contribution in [0.5, 0.6) is 0 Å². The first-order valence-corrected chi connectivity index (χ1v) is 8.20. The molecule has 1 aromatic carbocycles. The van der Waals surface area contributed by atoms with Crippen LogP contribution in [0.25, 0.3) is 11.3 Å². The van der Waals surface area contributed by atoms with Crippen LogP contribution in [0, 0.1) is 0 Å². The van der Waals surface area contributed by atoms with E-state index in [1.807, 2.05) is 42.5 Å². The Labute approximate surface area is 132 Å². The van der Waals surface area contributed by atoms with Crippen molar-refractivity contribution in [3.8, 4) is 11.3 Å². The smallest absolute Gasteiger partial charge is 0.220 e. The van der Waals surface area contributed by atoms with Crippen LogP contribution in [0.2, 0.25) is 0 Å². The lowest BCUT2D eigenvalue weighted by molar-refractivity contribution is -0.121. The number of benzene rings is 1. The Hall–Kier alpha value is -2.03. The Morgan fingerprint density at radius 2 is 1.86 bits per heavy atom. The molecule has 0 saturated carbocycles. The number of hydrogen-bond acceptors (Lipinski definition) is 2. The molecule has 0 bridgehead atoms. The van der Waals surface area contributed by atoms with Crippen molar-refractivity contribution in [2.75, 3.05) is 6.54 Å². The summed E-state index contributed by atoms with van der Waals surface area (Å²) >= 11 is 0. The topological polar surface area (TPSA) is 42.2 Å². The number of carbonyl (C=O) groups excluding carboxylic acids is 1. The zero-order valence-electron chi connectivity index (χ0n) is 13.3. The molecule has 2 aromatic rings. The zero-order valence-corrected chi connectivity index (χ0v) is 13.3. The fraction of sp³-hybridized carbons (Fsp3) is 0.421. The van der Waals surface area contributed by atoms with Gasteiger partial charge in [0.1, 0.15) is 11.5 Å². The minimum absolute atomic E-state index is 0.106. The summed E-state index contributed by atoms with van der Waals surface area (Å²) in [6.07, 6.45) is 5.84. The van der Waals surface area contributed by atoms with Crippen LogP contribution in [0.4, 0.5) is 0 Å². The number of furan rings is 1. The highest BCUT2D eigenvalue weighted by molar-refractivity contribution is 5.76. The molecule has 1 aromatic heterocycles. The summed E-state index contributed by atoms with van der Waals surface area (Å²) in [6, 6.07) is 13.9. The molecule has 118 valence electrons. The number of nitrogens with one attached hydrogen (secondary N) is 1. The Balaban J connectivity index is 1.71. The summed E-state index contributed by atoms with van der Waals surface area (Å²) < 4.78 is 5.80. The average molecular weight is 299 g/mol. The SMILES string of the molecule is CCCCCCNC(=O)CCc1ccc(-c2ccccc2)o1. The van der Waals surface area contributed by atoms with Crippen molar-refractivity contribution >= 4 is 5.91 Å². The number of carbonyl (C=O) groups is 1. The highest BCUT2D eigenvalue weighted by atomic mass is 16.3. The van der Waals surface area contributed by atoms with Gasteiger partial charge in [0, 0.05) is 24.9 Å². The molecule has 0 saturated heterocycles. The predicted molar refractivity (Wildman–Crippen MR) is 89.6 cm³/mol. The van der Waals surface area contributed by atoms with Crippen molar-refractivity contribution in [1.29, 1.82) is 0 Å². The standard InChI is InChI=1S/C19H25NO2/c1-2-3-4-8-15-20-19(21)14-12-17-11-13-18(22-17)16-9-6-5-7-10-16/h5-7,9-11,13H,2-4,8,12,14-15H2,1H3,(H,20,21). The van der Waals surface area contributed by atoms with Crippen molar-refractivity contribution in [2.45, 2.75) is 45.4 Å². The highest BCUT2D eigenvalue weighted by Crippen LogP contribution is 2.22. The van der Waals surface area contributed by atoms with Crippen LogP contribution < -0.4 is 5.32 Å². The zero-order chi connectivity index (χ0) is 15.6. The molecule has 1 amide bonds. The van der Waals surface area contributed by atoms with Crippen LogP contribution in [0.15, 0.2) is 46.9 Å². The lowest BCUT2D eigenvalue weighted by Gasteiger charge is -2.04. The second kappa shape index (κ2) is 9.08. The molecule has 3 nitrogen and oxygen atoms in total. The van der Waals surface area contributed by atoms with E-state index in [2.05, 4.69) is 12.2 Å². The molecular formula is C19H25NO2. The molecule has 1 heterocycles. The molecule has 0 aliphatic heterocycles. The molecule has 0 atom stereocenters. The van der Waals surface area contributed by atoms with Crippen molar-refractivity contribution in [3.05, 3.63) is 48.2 Å². The number of rotatable bonds is 9. The van der Waals surface area contributed by atoms with Crippen LogP contribution >= 0.6 is 0 Å². The normalized spacial score (nSPS) is 10.6. The Kier molecular flexibility index (Phi) is 6.75. The van der Waals surface area contributed by atoms with Gasteiger partial charge in [0.15, 0.2) is 0 Å². The second-order valence-corrected chi connectivity index (χ2v) is 5.54. The van der Waals surface area contributed by atoms with E-state index < -0.39 is 0 Å². The van der Waals surface area contributed by atoms with Crippen LogP contribution in [0.1, 0.15) is 44.8 Å². The molecule has 3 heteroatoms. The fourth-order valence-electron chi connectivity index (χ4n) is 2.37. The molecule has 1 N–H and O–H groups in total. The van der Waals surface area contributed by atoms with Gasteiger partial charge in [-0.05, 0) is 18.6 Å². The fourth-order valence-corrected chi connectivity index (χ4v) is 2.37. The number of aryl methyl sites for hydroxylation is 1. The van der Waals surface area contributed by atoms with E-state index in [1.54, 1.807) is 0 Å². The van der Waals surface area contributed by atoms with Crippen molar-refractivity contribution in [3.63, 3.8) is 0 Å². The van der Waals surface area contributed by atoms with Gasteiger partial charge in [0.2, 0.25) is 5.91 Å². The molecule has 0 aliphatic rings. The first-order valence-electron chi connectivity index (χ1n) is 8.20. The van der Waals surface area contributed by atoms with Crippen molar-refractivity contribution in [1.82, 2.24) is 5.32 Å². The lowest BCUT2D eigenvalue weighted by atomic mass is 10.2. The Morgan fingerprint density at radius 3 is 2.64 bits per heavy atom. The maximum Gasteiger partial charge on any atom is 0.220 e. The van der Waals surface area contributed by atoms with Gasteiger partial charge in [-0.3, -0.25) is 4.79 Å². The van der Waals surface area contributed by atoms with E-state index in [0.29, 0.717) is 12.8 Å². The molecule has 2 rings (SSSR count). The summed E-state index contributed by atoms with van der Waals surface area (Å²) in [5.74, 6) is 1.82. The average Bonchev–Trinajstić information content (AvgIpc) is 3.02. The molecule has 0 fully saturated rings. The minimum atomic E-state index is 0.106. The maximum absolute atomic E-state index is 11.8. The van der Waals surface area contributed by atoms with Crippen molar-refractivity contribution < 1.29 is 9.21 Å². The quantitative estimate of drug-likeness (QED) is 0.689. The monoisotopic (exact) mass is 299 g/mol. The highest BCUT2D eigenvalue weighted by Gasteiger charge is 2.07. The van der Waals surface area contributed by atoms with Gasteiger partial charge in [-0.1, -0.05) is 56.5 Å². The van der Waals surface area contributed by atoms with Gasteiger partial charge in [-0.2, -0.15) is 0 Å². The molecule has 22 heavy (non-hydrogen) atoms. The third-order valence-corrected chi connectivity index (χ3v) is 3.67. The van der Waals surface area contributed by atoms with E-state index >= 15 is 0 Å². The first-order chi connectivity index (χ1) is 10.8. The van der Waals surface area contributed by atoms with Gasteiger partial charge in [-0.25, -0.2) is 0 Å². The summed E-state index contributed by atoms with van der Waals surface area (Å²) in [4.78, 5) is 11.8. The Morgan fingerprint density at radius 1 is 1.05 bits per heavy atom. The lowest BCUT2D eigenvalue weighted by Crippen LogP contribution is -2.24. The molecule has 0 radical (unpaired) electrons. The van der Waals surface area contributed by atoms with Gasteiger partial charge >= 0.3 is 0 Å². The number of hydrogen-bond donors (Lipinski definition) is 1. The van der Waals surface area contributed by atoms with E-state index in [4.69, 9.17) is 4.42 Å². The minimum Gasteiger partial charge on any atom is -0.461 e. The van der Waals surface area contributed by atoms with Crippen LogP contribution in [-0.4, -0.2) is 12.5 Å². The third-order valence-electron chi connectivity index (χ3n) is 3.67. The number of unbranched alkanes of at least 4 members (excludes halogenated alkanes) is 3. The van der Waals surface area contributed by atoms with Crippen LogP contribution in [0.3, 0.4) is 0 Å². The molecule has 0 aliphatic carbocycles. The largest absolute Gasteiger partial charge is 0.461 e. The summed E-state index contributed by atoms with van der Waals surface area (Å²) in [5.41, 5.74) is 1.06. The summed E-state index contributed by atoms with van der Waals surface area (Å²) in [7, 11) is 0. The maximum atomic E-state index is 11.8. The molecule has 0 spiro atoms. The van der Waals surface area contributed by atoms with E-state index in [1.165, 1.54) is 19.3 Å². The molecule has 0 unspecified atom stereocenters. The summed E-state index contributed by atoms with van der Waals surface area (Å²) in [6.45, 7) is 2.97. The predicted octanol–water partition coefficient (Wildman–Crippen LogP) is 4.58. The van der Waals surface area contributed by atoms with Gasteiger partial charge in [0.25, 0.3) is 0 Å². The van der Waals surface area contributed by atoms with E-state index in [-0.39, 0.29) is 5.91 Å². The van der Waals surface area contributed by atoms with Gasteiger partial charge in [0.05, 0.1) is 0 Å². The van der Waals surface area contributed by atoms with Gasteiger partial charge in [-0.15, -0.1) is 0 Å². The first kappa shape index (κ1) is 16.3.